The minimum absolute atomic E-state index is 0.0555. The summed E-state index contributed by atoms with van der Waals surface area (Å²) in [4.78, 5) is 12.9. The second-order valence-electron chi connectivity index (χ2n) is 7.98. The van der Waals surface area contributed by atoms with Crippen molar-refractivity contribution < 1.29 is 9.53 Å². The van der Waals surface area contributed by atoms with Gasteiger partial charge in [0.2, 0.25) is 0 Å². The number of halogens is 1. The predicted molar refractivity (Wildman–Crippen MR) is 108 cm³/mol. The number of nitrogens with one attached hydrogen (secondary N) is 1. The van der Waals surface area contributed by atoms with Crippen molar-refractivity contribution in [3.8, 4) is 5.75 Å². The van der Waals surface area contributed by atoms with E-state index in [0.717, 1.165) is 17.4 Å². The molecule has 3 nitrogen and oxygen atoms in total. The Morgan fingerprint density at radius 1 is 1.15 bits per heavy atom. The Balaban J connectivity index is 1.42. The number of ether oxygens (including phenoxy) is 1. The second kappa shape index (κ2) is 7.93. The van der Waals surface area contributed by atoms with Crippen LogP contribution in [0.3, 0.4) is 0 Å². The van der Waals surface area contributed by atoms with Gasteiger partial charge in [0, 0.05) is 16.6 Å². The van der Waals surface area contributed by atoms with Gasteiger partial charge in [-0.2, -0.15) is 0 Å². The molecule has 2 aromatic carbocycles. The van der Waals surface area contributed by atoms with Gasteiger partial charge >= 0.3 is 0 Å². The van der Waals surface area contributed by atoms with Gasteiger partial charge in [0.1, 0.15) is 12.4 Å². The topological polar surface area (TPSA) is 38.3 Å². The number of fused-ring (bicyclic) bond motifs is 2. The number of hydrogen-bond acceptors (Lipinski definition) is 2. The Kier molecular flexibility index (Phi) is 5.40. The van der Waals surface area contributed by atoms with Crippen LogP contribution in [0.5, 0.6) is 5.75 Å². The summed E-state index contributed by atoms with van der Waals surface area (Å²) < 4.78 is 5.94. The molecule has 2 aliphatic rings. The standard InChI is InChI=1S/C23H26ClNO2/c1-15(20-13-16-10-11-17(20)12-16)25-23(26)19-7-3-5-9-22(19)27-14-18-6-2-4-8-21(18)24/h2-9,15-17,20H,10-14H2,1H3,(H,25,26)/t15-,16+,17-,20+/m0/s1. The highest BCUT2D eigenvalue weighted by molar-refractivity contribution is 6.31. The van der Waals surface area contributed by atoms with Crippen molar-refractivity contribution in [3.05, 3.63) is 64.7 Å². The highest BCUT2D eigenvalue weighted by atomic mass is 35.5. The van der Waals surface area contributed by atoms with Crippen molar-refractivity contribution in [3.63, 3.8) is 0 Å². The molecule has 2 aliphatic carbocycles. The first-order valence-corrected chi connectivity index (χ1v) is 10.3. The molecule has 4 heteroatoms. The van der Waals surface area contributed by atoms with Crippen LogP contribution in [0, 0.1) is 17.8 Å². The first-order valence-electron chi connectivity index (χ1n) is 9.88. The SMILES string of the molecule is C[C@H](NC(=O)c1ccccc1OCc1ccccc1Cl)[C@H]1C[C@@H]2CC[C@H]1C2. The van der Waals surface area contributed by atoms with Gasteiger partial charge in [-0.05, 0) is 62.1 Å². The zero-order valence-electron chi connectivity index (χ0n) is 15.7. The van der Waals surface area contributed by atoms with Crippen LogP contribution in [-0.4, -0.2) is 11.9 Å². The van der Waals surface area contributed by atoms with Crippen molar-refractivity contribution in [1.29, 1.82) is 0 Å². The van der Waals surface area contributed by atoms with Crippen LogP contribution in [0.25, 0.3) is 0 Å². The lowest BCUT2D eigenvalue weighted by Gasteiger charge is -2.28. The van der Waals surface area contributed by atoms with Crippen LogP contribution in [-0.2, 0) is 6.61 Å². The third kappa shape index (κ3) is 3.98. The molecular weight excluding hydrogens is 358 g/mol. The second-order valence-corrected chi connectivity index (χ2v) is 8.38. The maximum atomic E-state index is 12.9. The van der Waals surface area contributed by atoms with E-state index in [2.05, 4.69) is 12.2 Å². The van der Waals surface area contributed by atoms with Crippen molar-refractivity contribution in [1.82, 2.24) is 5.32 Å². The molecule has 4 rings (SSSR count). The monoisotopic (exact) mass is 383 g/mol. The summed E-state index contributed by atoms with van der Waals surface area (Å²) in [7, 11) is 0. The molecule has 2 fully saturated rings. The van der Waals surface area contributed by atoms with Gasteiger partial charge in [-0.25, -0.2) is 0 Å². The van der Waals surface area contributed by atoms with E-state index in [-0.39, 0.29) is 11.9 Å². The molecular formula is C23H26ClNO2. The molecule has 0 aromatic heterocycles. The van der Waals surface area contributed by atoms with Gasteiger partial charge in [-0.15, -0.1) is 0 Å². The lowest BCUT2D eigenvalue weighted by molar-refractivity contribution is 0.0910. The largest absolute Gasteiger partial charge is 0.488 e. The molecule has 0 aliphatic heterocycles. The maximum Gasteiger partial charge on any atom is 0.255 e. The van der Waals surface area contributed by atoms with E-state index in [1.807, 2.05) is 48.5 Å². The zero-order chi connectivity index (χ0) is 18.8. The van der Waals surface area contributed by atoms with Crippen LogP contribution in [0.2, 0.25) is 5.02 Å². The van der Waals surface area contributed by atoms with Gasteiger partial charge in [0.25, 0.3) is 5.91 Å². The van der Waals surface area contributed by atoms with Crippen LogP contribution in [0.15, 0.2) is 48.5 Å². The molecule has 4 atom stereocenters. The summed E-state index contributed by atoms with van der Waals surface area (Å²) in [5.74, 6) is 2.82. The Hall–Kier alpha value is -2.00. The summed E-state index contributed by atoms with van der Waals surface area (Å²) in [6, 6.07) is 15.2. The molecule has 1 amide bonds. The molecule has 0 heterocycles. The average molecular weight is 384 g/mol. The molecule has 2 bridgehead atoms. The highest BCUT2D eigenvalue weighted by Gasteiger charge is 2.42. The lowest BCUT2D eigenvalue weighted by atomic mass is 9.84. The van der Waals surface area contributed by atoms with E-state index in [9.17, 15) is 4.79 Å². The van der Waals surface area contributed by atoms with Gasteiger partial charge in [-0.1, -0.05) is 48.4 Å². The van der Waals surface area contributed by atoms with Crippen molar-refractivity contribution in [2.45, 2.75) is 45.3 Å². The van der Waals surface area contributed by atoms with Crippen molar-refractivity contribution in [2.75, 3.05) is 0 Å². The number of rotatable bonds is 6. The predicted octanol–water partition coefficient (Wildman–Crippen LogP) is 5.47. The smallest absolute Gasteiger partial charge is 0.255 e. The van der Waals surface area contributed by atoms with E-state index in [1.54, 1.807) is 0 Å². The average Bonchev–Trinajstić information content (AvgIpc) is 3.31. The van der Waals surface area contributed by atoms with E-state index in [0.29, 0.717) is 28.9 Å². The summed E-state index contributed by atoms with van der Waals surface area (Å²) in [6.45, 7) is 2.49. The summed E-state index contributed by atoms with van der Waals surface area (Å²) in [5.41, 5.74) is 1.49. The molecule has 0 radical (unpaired) electrons. The van der Waals surface area contributed by atoms with E-state index in [4.69, 9.17) is 16.3 Å². The lowest BCUT2D eigenvalue weighted by Crippen LogP contribution is -2.40. The number of hydrogen-bond donors (Lipinski definition) is 1. The number of para-hydroxylation sites is 1. The first kappa shape index (κ1) is 18.4. The molecule has 142 valence electrons. The summed E-state index contributed by atoms with van der Waals surface area (Å²) in [5, 5.41) is 3.90. The fourth-order valence-corrected chi connectivity index (χ4v) is 5.04. The maximum absolute atomic E-state index is 12.9. The molecule has 27 heavy (non-hydrogen) atoms. The molecule has 0 spiro atoms. The van der Waals surface area contributed by atoms with Crippen LogP contribution in [0.1, 0.15) is 48.5 Å². The van der Waals surface area contributed by atoms with E-state index < -0.39 is 0 Å². The Bertz CT molecular complexity index is 822. The van der Waals surface area contributed by atoms with Crippen LogP contribution >= 0.6 is 11.6 Å². The molecule has 0 unspecified atom stereocenters. The minimum Gasteiger partial charge on any atom is -0.488 e. The van der Waals surface area contributed by atoms with Crippen LogP contribution < -0.4 is 10.1 Å². The zero-order valence-corrected chi connectivity index (χ0v) is 16.4. The molecule has 0 saturated heterocycles. The number of benzene rings is 2. The van der Waals surface area contributed by atoms with E-state index >= 15 is 0 Å². The fourth-order valence-electron chi connectivity index (χ4n) is 4.85. The third-order valence-corrected chi connectivity index (χ3v) is 6.64. The number of carbonyl (C=O) groups excluding carboxylic acids is 1. The summed E-state index contributed by atoms with van der Waals surface area (Å²) in [6.07, 6.45) is 5.31. The minimum atomic E-state index is -0.0555. The van der Waals surface area contributed by atoms with Crippen molar-refractivity contribution in [2.24, 2.45) is 17.8 Å². The Morgan fingerprint density at radius 2 is 1.93 bits per heavy atom. The Labute approximate surface area is 166 Å². The normalized spacial score (nSPS) is 24.6. The molecule has 2 saturated carbocycles. The molecule has 1 N–H and O–H groups in total. The highest BCUT2D eigenvalue weighted by Crippen LogP contribution is 2.49. The van der Waals surface area contributed by atoms with E-state index in [1.165, 1.54) is 25.7 Å². The fraction of sp³-hybridized carbons (Fsp3) is 0.435. The Morgan fingerprint density at radius 3 is 2.67 bits per heavy atom. The number of amides is 1. The molecule has 2 aromatic rings. The van der Waals surface area contributed by atoms with Gasteiger partial charge < -0.3 is 10.1 Å². The van der Waals surface area contributed by atoms with Crippen LogP contribution in [0.4, 0.5) is 0 Å². The van der Waals surface area contributed by atoms with Gasteiger partial charge in [-0.3, -0.25) is 4.79 Å². The van der Waals surface area contributed by atoms with Crippen molar-refractivity contribution >= 4 is 17.5 Å². The summed E-state index contributed by atoms with van der Waals surface area (Å²) >= 11 is 6.21. The first-order chi connectivity index (χ1) is 13.1. The third-order valence-electron chi connectivity index (χ3n) is 6.27. The van der Waals surface area contributed by atoms with Gasteiger partial charge in [0.05, 0.1) is 5.56 Å². The van der Waals surface area contributed by atoms with Gasteiger partial charge in [0.15, 0.2) is 0 Å². The number of carbonyl (C=O) groups is 1. The quantitative estimate of drug-likeness (QED) is 0.717.